The predicted molar refractivity (Wildman–Crippen MR) is 145 cm³/mol. The summed E-state index contributed by atoms with van der Waals surface area (Å²) < 4.78 is 17.9. The van der Waals surface area contributed by atoms with Gasteiger partial charge in [-0.15, -0.1) is 0 Å². The summed E-state index contributed by atoms with van der Waals surface area (Å²) in [6.45, 7) is 5.26. The van der Waals surface area contributed by atoms with Gasteiger partial charge in [0.2, 0.25) is 0 Å². The molecule has 0 saturated carbocycles. The minimum atomic E-state index is -0.619. The maximum Gasteiger partial charge on any atom is 0.411 e. The average Bonchev–Trinajstić information content (AvgIpc) is 2.95. The molecule has 0 unspecified atom stereocenters. The molecule has 3 aromatic rings. The molecule has 1 aromatic heterocycles. The smallest absolute Gasteiger partial charge is 0.411 e. The summed E-state index contributed by atoms with van der Waals surface area (Å²) in [5, 5.41) is 12.2. The van der Waals surface area contributed by atoms with E-state index in [-0.39, 0.29) is 25.4 Å². The molecule has 2 N–H and O–H groups in total. The number of nitrogens with zero attached hydrogens (tertiary/aromatic N) is 2. The zero-order valence-electron chi connectivity index (χ0n) is 21.7. The van der Waals surface area contributed by atoms with Gasteiger partial charge in [0.1, 0.15) is 6.61 Å². The Bertz CT molecular complexity index is 1170. The summed E-state index contributed by atoms with van der Waals surface area (Å²) in [6.07, 6.45) is 3.43. The van der Waals surface area contributed by atoms with E-state index in [1.165, 1.54) is 6.08 Å². The van der Waals surface area contributed by atoms with Gasteiger partial charge in [0.15, 0.2) is 6.29 Å². The van der Waals surface area contributed by atoms with E-state index in [9.17, 15) is 9.90 Å². The first kappa shape index (κ1) is 27.5. The largest absolute Gasteiger partial charge is 0.445 e. The van der Waals surface area contributed by atoms with Gasteiger partial charge in [-0.2, -0.15) is 0 Å². The third kappa shape index (κ3) is 7.97. The highest BCUT2D eigenvalue weighted by molar-refractivity contribution is 5.84. The lowest BCUT2D eigenvalue weighted by Gasteiger charge is -2.38. The molecule has 1 fully saturated rings. The lowest BCUT2D eigenvalue weighted by atomic mass is 9.99. The van der Waals surface area contributed by atoms with Gasteiger partial charge in [-0.3, -0.25) is 10.3 Å². The van der Waals surface area contributed by atoms with Crippen LogP contribution in [-0.4, -0.2) is 53.9 Å². The second-order valence-corrected chi connectivity index (χ2v) is 9.32. The van der Waals surface area contributed by atoms with Crippen LogP contribution in [0.1, 0.15) is 41.2 Å². The van der Waals surface area contributed by atoms with E-state index in [1.807, 2.05) is 66.9 Å². The third-order valence-corrected chi connectivity index (χ3v) is 6.34. The topological polar surface area (TPSA) is 93.2 Å². The second kappa shape index (κ2) is 13.8. The molecule has 8 nitrogen and oxygen atoms in total. The summed E-state index contributed by atoms with van der Waals surface area (Å²) in [5.41, 5.74) is 4.32. The fourth-order valence-electron chi connectivity index (χ4n) is 4.37. The molecule has 0 spiro atoms. The number of hydrogen-bond acceptors (Lipinski definition) is 7. The van der Waals surface area contributed by atoms with Crippen LogP contribution in [0.15, 0.2) is 85.6 Å². The number of pyridine rings is 1. The van der Waals surface area contributed by atoms with E-state index >= 15 is 0 Å². The first-order chi connectivity index (χ1) is 18.5. The first-order valence-electron chi connectivity index (χ1n) is 12.8. The molecular weight excluding hydrogens is 482 g/mol. The Morgan fingerprint density at radius 2 is 2.00 bits per heavy atom. The molecule has 3 atom stereocenters. The van der Waals surface area contributed by atoms with E-state index in [2.05, 4.69) is 28.8 Å². The number of hydrogen-bond donors (Lipinski definition) is 2. The first-order valence-corrected chi connectivity index (χ1v) is 12.8. The summed E-state index contributed by atoms with van der Waals surface area (Å²) in [6, 6.07) is 21.2. The van der Waals surface area contributed by atoms with Crippen molar-refractivity contribution < 1.29 is 24.1 Å². The van der Waals surface area contributed by atoms with Crippen LogP contribution in [0.4, 0.5) is 10.5 Å². The predicted octanol–water partition coefficient (Wildman–Crippen LogP) is 5.03. The molecule has 2 aromatic carbocycles. The van der Waals surface area contributed by atoms with Crippen molar-refractivity contribution in [2.75, 3.05) is 32.1 Å². The molecule has 0 radical (unpaired) electrons. The lowest BCUT2D eigenvalue weighted by Crippen LogP contribution is -2.38. The summed E-state index contributed by atoms with van der Waals surface area (Å²) in [4.78, 5) is 18.7. The number of carbonyl (C=O) groups is 1. The van der Waals surface area contributed by atoms with Gasteiger partial charge >= 0.3 is 6.09 Å². The minimum absolute atomic E-state index is 0.00371. The van der Waals surface area contributed by atoms with Crippen molar-refractivity contribution in [2.45, 2.75) is 37.9 Å². The number of nitrogens with one attached hydrogen (secondary N) is 1. The zero-order chi connectivity index (χ0) is 26.7. The molecule has 1 amide bonds. The normalized spacial score (nSPS) is 19.2. The number of amides is 1. The Labute approximate surface area is 223 Å². The quantitative estimate of drug-likeness (QED) is 0.345. The number of rotatable bonds is 11. The van der Waals surface area contributed by atoms with Gasteiger partial charge in [0.05, 0.1) is 18.8 Å². The van der Waals surface area contributed by atoms with Crippen LogP contribution in [0.25, 0.3) is 0 Å². The number of ether oxygens (including phenoxy) is 3. The maximum absolute atomic E-state index is 12.0. The fraction of sp³-hybridized carbons (Fsp3) is 0.333. The van der Waals surface area contributed by atoms with Crippen LogP contribution >= 0.6 is 0 Å². The maximum atomic E-state index is 12.0. The van der Waals surface area contributed by atoms with Crippen LogP contribution in [0.5, 0.6) is 0 Å². The highest BCUT2D eigenvalue weighted by atomic mass is 16.7. The van der Waals surface area contributed by atoms with Gasteiger partial charge in [0, 0.05) is 49.1 Å². The highest BCUT2D eigenvalue weighted by Crippen LogP contribution is 2.38. The summed E-state index contributed by atoms with van der Waals surface area (Å²) >= 11 is 0. The molecule has 200 valence electrons. The number of likely N-dealkylation sites (N-methyl/N-ethyl adjacent to an activating group) is 1. The Morgan fingerprint density at radius 3 is 2.74 bits per heavy atom. The fourth-order valence-corrected chi connectivity index (χ4v) is 4.37. The number of aromatic nitrogens is 1. The molecule has 8 heteroatoms. The van der Waals surface area contributed by atoms with E-state index < -0.39 is 12.4 Å². The molecule has 1 aliphatic heterocycles. The van der Waals surface area contributed by atoms with E-state index in [0.717, 1.165) is 41.9 Å². The van der Waals surface area contributed by atoms with Crippen molar-refractivity contribution >= 4 is 11.8 Å². The number of benzene rings is 2. The summed E-state index contributed by atoms with van der Waals surface area (Å²) in [7, 11) is 2.08. The minimum Gasteiger partial charge on any atom is -0.445 e. The van der Waals surface area contributed by atoms with Crippen molar-refractivity contribution in [3.63, 3.8) is 0 Å². The Hall–Kier alpha value is -3.56. The number of anilines is 1. The van der Waals surface area contributed by atoms with Crippen LogP contribution < -0.4 is 5.32 Å². The molecule has 0 aliphatic carbocycles. The van der Waals surface area contributed by atoms with Gasteiger partial charge in [-0.1, -0.05) is 55.1 Å². The van der Waals surface area contributed by atoms with Gasteiger partial charge < -0.3 is 24.2 Å². The summed E-state index contributed by atoms with van der Waals surface area (Å²) in [5.74, 6) is 0. The van der Waals surface area contributed by atoms with Crippen LogP contribution in [0.2, 0.25) is 0 Å². The van der Waals surface area contributed by atoms with Gasteiger partial charge in [-0.05, 0) is 42.4 Å². The lowest BCUT2D eigenvalue weighted by molar-refractivity contribution is -0.252. The van der Waals surface area contributed by atoms with Crippen LogP contribution in [0.3, 0.4) is 0 Å². The monoisotopic (exact) mass is 517 g/mol. The van der Waals surface area contributed by atoms with Crippen molar-refractivity contribution in [1.82, 2.24) is 9.88 Å². The van der Waals surface area contributed by atoms with Gasteiger partial charge in [-0.25, -0.2) is 4.79 Å². The SMILES string of the molecule is C=CCOC(=O)Nc1cccc([C@@H]2O[C@H](CN(C)CCc3ccccn3)C[C@H](c3ccc(CO)cc3)O2)c1. The van der Waals surface area contributed by atoms with Crippen molar-refractivity contribution in [3.8, 4) is 0 Å². The Balaban J connectivity index is 1.48. The van der Waals surface area contributed by atoms with Gasteiger partial charge in [0.25, 0.3) is 0 Å². The molecule has 38 heavy (non-hydrogen) atoms. The van der Waals surface area contributed by atoms with Crippen molar-refractivity contribution in [2.24, 2.45) is 0 Å². The van der Waals surface area contributed by atoms with E-state index in [1.54, 1.807) is 6.07 Å². The van der Waals surface area contributed by atoms with Crippen molar-refractivity contribution in [1.29, 1.82) is 0 Å². The molecule has 2 heterocycles. The van der Waals surface area contributed by atoms with Crippen LogP contribution in [0, 0.1) is 0 Å². The molecular formula is C30H35N3O5. The average molecular weight is 518 g/mol. The van der Waals surface area contributed by atoms with E-state index in [4.69, 9.17) is 14.2 Å². The third-order valence-electron chi connectivity index (χ3n) is 6.34. The zero-order valence-corrected chi connectivity index (χ0v) is 21.7. The Kier molecular flexibility index (Phi) is 10.0. The second-order valence-electron chi connectivity index (χ2n) is 9.32. The number of carbonyl (C=O) groups excluding carboxylic acids is 1. The molecule has 0 bridgehead atoms. The highest BCUT2D eigenvalue weighted by Gasteiger charge is 2.33. The molecule has 1 saturated heterocycles. The Morgan fingerprint density at radius 1 is 1.16 bits per heavy atom. The van der Waals surface area contributed by atoms with Crippen molar-refractivity contribution in [3.05, 3.63) is 108 Å². The number of aliphatic hydroxyl groups is 1. The van der Waals surface area contributed by atoms with E-state index in [0.29, 0.717) is 12.1 Å². The number of aliphatic hydroxyl groups excluding tert-OH is 1. The molecule has 1 aliphatic rings. The van der Waals surface area contributed by atoms with Crippen LogP contribution in [-0.2, 0) is 27.2 Å². The molecule has 4 rings (SSSR count). The standard InChI is InChI=1S/C30H35N3O5/c1-3-17-36-30(35)32-26-9-6-7-24(18-26)29-37-27(20-33(2)16-14-25-8-4-5-15-31-25)19-28(38-29)23-12-10-22(21-34)11-13-23/h3-13,15,18,27-29,34H,1,14,16-17,19-21H2,2H3,(H,32,35)/t27-,28+,29+/m0/s1.